The third-order valence-electron chi connectivity index (χ3n) is 15.4. The molecule has 10 rings (SSSR count). The van der Waals surface area contributed by atoms with Crippen LogP contribution in [0.5, 0.6) is 23.0 Å². The molecule has 4 heterocycles. The van der Waals surface area contributed by atoms with Gasteiger partial charge in [-0.1, -0.05) is 88.4 Å². The van der Waals surface area contributed by atoms with Crippen LogP contribution in [0, 0.1) is 11.8 Å². The third-order valence-corrected chi connectivity index (χ3v) is 15.4. The van der Waals surface area contributed by atoms with E-state index >= 15 is 0 Å². The van der Waals surface area contributed by atoms with Crippen molar-refractivity contribution in [2.24, 2.45) is 21.8 Å². The monoisotopic (exact) mass is 1070 g/mol. The van der Waals surface area contributed by atoms with Crippen molar-refractivity contribution in [2.45, 2.75) is 129 Å². The zero-order chi connectivity index (χ0) is 56.0. The second-order valence-corrected chi connectivity index (χ2v) is 23.1. The molecule has 0 fully saturated rings. The first-order valence-electron chi connectivity index (χ1n) is 27.4. The first-order valence-corrected chi connectivity index (χ1v) is 27.4. The van der Waals surface area contributed by atoms with Crippen molar-refractivity contribution in [3.63, 3.8) is 0 Å². The predicted octanol–water partition coefficient (Wildman–Crippen LogP) is 12.4. The van der Waals surface area contributed by atoms with E-state index in [1.54, 1.807) is 38.1 Å². The summed E-state index contributed by atoms with van der Waals surface area (Å²) in [6, 6.07) is 35.3. The van der Waals surface area contributed by atoms with Crippen molar-refractivity contribution in [2.75, 3.05) is 36.1 Å². The Morgan fingerprint density at radius 1 is 0.506 bits per heavy atom. The van der Waals surface area contributed by atoms with Crippen molar-refractivity contribution in [1.29, 1.82) is 0 Å². The van der Waals surface area contributed by atoms with Crippen LogP contribution in [0.2, 0.25) is 0 Å². The Morgan fingerprint density at radius 2 is 0.886 bits per heavy atom. The van der Waals surface area contributed by atoms with Gasteiger partial charge in [-0.15, -0.1) is 0 Å². The Kier molecular flexibility index (Phi) is 14.8. The van der Waals surface area contributed by atoms with Gasteiger partial charge in [0, 0.05) is 35.2 Å². The maximum atomic E-state index is 13.0. The SMILES string of the molecule is CC(C)CN1c2ccccc2C(C)(C)C12C=Nc1c(ccc3ccc(OC(=O)CCC(=O)OC(C)COCC(C)OC(=O)CCC(=O)Oc4ccc5ccc6c(c5c4)N=CC4(O6)N(CC(C)C)c5ccccc5C4(C)C)cc13)O2. The molecule has 4 atom stereocenters. The van der Waals surface area contributed by atoms with Gasteiger partial charge in [-0.05, 0) is 124 Å². The topological polar surface area (TPSA) is 164 Å². The first kappa shape index (κ1) is 54.6. The zero-order valence-corrected chi connectivity index (χ0v) is 46.8. The van der Waals surface area contributed by atoms with E-state index in [0.717, 1.165) is 46.0 Å². The third kappa shape index (κ3) is 10.3. The highest BCUT2D eigenvalue weighted by Gasteiger charge is 2.61. The predicted molar refractivity (Wildman–Crippen MR) is 306 cm³/mol. The molecule has 0 N–H and O–H groups in total. The second-order valence-electron chi connectivity index (χ2n) is 23.1. The van der Waals surface area contributed by atoms with Gasteiger partial charge in [-0.2, -0.15) is 0 Å². The molecule has 6 aromatic rings. The van der Waals surface area contributed by atoms with E-state index in [2.05, 4.69) is 114 Å². The van der Waals surface area contributed by atoms with Crippen LogP contribution in [0.1, 0.15) is 106 Å². The normalized spacial score (nSPS) is 19.6. The number of anilines is 2. The van der Waals surface area contributed by atoms with Gasteiger partial charge in [0.2, 0.25) is 11.4 Å². The molecule has 4 aliphatic heterocycles. The lowest BCUT2D eigenvalue weighted by Gasteiger charge is -2.46. The molecule has 0 radical (unpaired) electrons. The van der Waals surface area contributed by atoms with Crippen molar-refractivity contribution < 1.29 is 52.3 Å². The highest BCUT2D eigenvalue weighted by molar-refractivity contribution is 6.02. The van der Waals surface area contributed by atoms with Crippen LogP contribution in [0.25, 0.3) is 21.5 Å². The Balaban J connectivity index is 0.654. The first-order chi connectivity index (χ1) is 37.7. The van der Waals surface area contributed by atoms with Gasteiger partial charge < -0.3 is 43.0 Å². The van der Waals surface area contributed by atoms with E-state index in [1.807, 2.05) is 48.8 Å². The molecule has 2 spiro atoms. The number of rotatable bonds is 18. The molecule has 15 nitrogen and oxygen atoms in total. The van der Waals surface area contributed by atoms with Crippen LogP contribution in [0.15, 0.2) is 119 Å². The lowest BCUT2D eigenvalue weighted by Crippen LogP contribution is -2.62. The molecule has 6 aromatic carbocycles. The van der Waals surface area contributed by atoms with Gasteiger partial charge in [0.15, 0.2) is 0 Å². The molecule has 0 aromatic heterocycles. The molecule has 0 aliphatic carbocycles. The summed E-state index contributed by atoms with van der Waals surface area (Å²) in [5, 5.41) is 3.34. The summed E-state index contributed by atoms with van der Waals surface area (Å²) in [6.45, 7) is 22.5. The number of hydrogen-bond donors (Lipinski definition) is 0. The van der Waals surface area contributed by atoms with Crippen LogP contribution < -0.4 is 28.7 Å². The number of esters is 4. The molecule has 412 valence electrons. The molecule has 0 saturated heterocycles. The number of para-hydroxylation sites is 2. The summed E-state index contributed by atoms with van der Waals surface area (Å²) in [7, 11) is 0. The standard InChI is InChI=1S/C64H70N4O11/c1-39(2)33-67-51-17-13-11-15-49(51)61(7,8)63(67)37-65-59-47-31-45(23-19-43(47)21-25-53(59)78-63)76-57(71)29-27-55(69)74-41(5)35-73-36-42(6)75-56(70)28-30-58(72)77-46-24-20-44-22-26-54-60(48(44)32-46)66-38-64(79-54)62(9,10)50-16-12-14-18-52(50)68(64)34-40(3)4/h11-26,31-32,37-42H,27-30,33-36H2,1-10H3. The van der Waals surface area contributed by atoms with Crippen molar-refractivity contribution in [3.8, 4) is 23.0 Å². The maximum absolute atomic E-state index is 13.0. The highest BCUT2D eigenvalue weighted by Crippen LogP contribution is 2.57. The van der Waals surface area contributed by atoms with Crippen molar-refractivity contribution in [1.82, 2.24) is 0 Å². The van der Waals surface area contributed by atoms with Crippen LogP contribution in [0.3, 0.4) is 0 Å². The van der Waals surface area contributed by atoms with Gasteiger partial charge in [-0.25, -0.2) is 0 Å². The Morgan fingerprint density at radius 3 is 1.29 bits per heavy atom. The van der Waals surface area contributed by atoms with E-state index in [0.29, 0.717) is 46.2 Å². The number of hydrogen-bond acceptors (Lipinski definition) is 15. The summed E-state index contributed by atoms with van der Waals surface area (Å²) in [6.07, 6.45) is 1.73. The van der Waals surface area contributed by atoms with E-state index in [9.17, 15) is 19.2 Å². The van der Waals surface area contributed by atoms with Crippen LogP contribution in [-0.2, 0) is 44.2 Å². The summed E-state index contributed by atoms with van der Waals surface area (Å²) in [4.78, 5) is 66.2. The minimum absolute atomic E-state index is 0.0232. The number of aliphatic imine (C=N–C) groups is 2. The molecular weight excluding hydrogens is 1000 g/mol. The number of nitrogens with zero attached hydrogens (tertiary/aromatic N) is 4. The van der Waals surface area contributed by atoms with E-state index in [4.69, 9.17) is 43.1 Å². The van der Waals surface area contributed by atoms with Crippen LogP contribution >= 0.6 is 0 Å². The minimum atomic E-state index is -0.847. The molecule has 79 heavy (non-hydrogen) atoms. The summed E-state index contributed by atoms with van der Waals surface area (Å²) in [5.41, 5.74) is 3.41. The maximum Gasteiger partial charge on any atom is 0.311 e. The van der Waals surface area contributed by atoms with Gasteiger partial charge in [-0.3, -0.25) is 29.2 Å². The molecule has 0 amide bonds. The van der Waals surface area contributed by atoms with Gasteiger partial charge >= 0.3 is 23.9 Å². The fraction of sp³-hybridized carbons (Fsp3) is 0.406. The Hall–Kier alpha value is -7.78. The fourth-order valence-electron chi connectivity index (χ4n) is 11.5. The number of ether oxygens (including phenoxy) is 7. The van der Waals surface area contributed by atoms with Gasteiger partial charge in [0.05, 0.1) is 62.2 Å². The van der Waals surface area contributed by atoms with E-state index < -0.39 is 58.4 Å². The molecule has 4 aliphatic rings. The highest BCUT2D eigenvalue weighted by atomic mass is 16.6. The number of benzene rings is 6. The number of carbonyl (C=O) groups excluding carboxylic acids is 4. The fourth-order valence-corrected chi connectivity index (χ4v) is 11.5. The smallest absolute Gasteiger partial charge is 0.311 e. The summed E-state index contributed by atoms with van der Waals surface area (Å²) in [5.74, 6) is 0.257. The average molecular weight is 1070 g/mol. The van der Waals surface area contributed by atoms with E-state index in [-0.39, 0.29) is 38.9 Å². The zero-order valence-electron chi connectivity index (χ0n) is 46.8. The molecule has 0 bridgehead atoms. The summed E-state index contributed by atoms with van der Waals surface area (Å²) < 4.78 is 42.0. The quantitative estimate of drug-likeness (QED) is 0.0590. The van der Waals surface area contributed by atoms with Gasteiger partial charge in [0.25, 0.3) is 0 Å². The van der Waals surface area contributed by atoms with Gasteiger partial charge in [0.1, 0.15) is 46.6 Å². The van der Waals surface area contributed by atoms with Crippen molar-refractivity contribution >= 4 is 80.6 Å². The summed E-state index contributed by atoms with van der Waals surface area (Å²) >= 11 is 0. The van der Waals surface area contributed by atoms with Crippen LogP contribution in [-0.4, -0.2) is 86.3 Å². The average Bonchev–Trinajstić information content (AvgIpc) is 3.22. The Labute approximate surface area is 461 Å². The lowest BCUT2D eigenvalue weighted by molar-refractivity contribution is -0.156. The lowest BCUT2D eigenvalue weighted by atomic mass is 9.77. The second kappa shape index (κ2) is 21.5. The Bertz CT molecular complexity index is 3200. The molecular formula is C64H70N4O11. The molecule has 15 heteroatoms. The number of carbonyl (C=O) groups is 4. The van der Waals surface area contributed by atoms with E-state index in [1.165, 1.54) is 11.1 Å². The van der Waals surface area contributed by atoms with Crippen LogP contribution in [0.4, 0.5) is 22.7 Å². The largest absolute Gasteiger partial charge is 0.460 e. The molecule has 0 saturated carbocycles. The molecule has 4 unspecified atom stereocenters. The number of fused-ring (bicyclic) bond motifs is 8. The minimum Gasteiger partial charge on any atom is -0.460 e. The van der Waals surface area contributed by atoms with Crippen molar-refractivity contribution in [3.05, 3.63) is 120 Å².